The average Bonchev–Trinajstić information content (AvgIpc) is 3.40. The van der Waals surface area contributed by atoms with Crippen LogP contribution in [0.1, 0.15) is 0 Å². The summed E-state index contributed by atoms with van der Waals surface area (Å²) in [5.74, 6) is 0. The third-order valence-electron chi connectivity index (χ3n) is 6.52. The Labute approximate surface area is 212 Å². The Morgan fingerprint density at radius 1 is 0.618 bits per heavy atom. The fourth-order valence-corrected chi connectivity index (χ4v) is 6.39. The molecule has 2 aromatic heterocycles. The molecule has 0 N–H and O–H groups in total. The molecule has 0 atom stereocenters. The minimum atomic E-state index is 0.866. The lowest BCUT2D eigenvalue weighted by molar-refractivity contribution is 0.667. The predicted octanol–water partition coefficient (Wildman–Crippen LogP) is 9.88. The fraction of sp³-hybridized carbons (Fsp3) is 0. The maximum Gasteiger partial charge on any atom is 0.149 e. The van der Waals surface area contributed by atoms with E-state index in [-0.39, 0.29) is 0 Å². The molecule has 0 saturated heterocycles. The highest BCUT2D eigenvalue weighted by atomic mass is 79.9. The molecule has 0 aliphatic heterocycles. The number of furan rings is 1. The van der Waals surface area contributed by atoms with Crippen LogP contribution >= 0.6 is 31.9 Å². The van der Waals surface area contributed by atoms with Gasteiger partial charge in [0, 0.05) is 31.7 Å². The van der Waals surface area contributed by atoms with Gasteiger partial charge >= 0.3 is 0 Å². The third kappa shape index (κ3) is 2.92. The van der Waals surface area contributed by atoms with Gasteiger partial charge in [-0.15, -0.1) is 0 Å². The van der Waals surface area contributed by atoms with Crippen molar-refractivity contribution < 1.29 is 4.42 Å². The van der Waals surface area contributed by atoms with Gasteiger partial charge in [-0.05, 0) is 69.5 Å². The second-order valence-electron chi connectivity index (χ2n) is 8.47. The van der Waals surface area contributed by atoms with Crippen LogP contribution in [-0.2, 0) is 0 Å². The van der Waals surface area contributed by atoms with E-state index in [1.165, 1.54) is 21.8 Å². The van der Waals surface area contributed by atoms with Crippen molar-refractivity contribution in [1.82, 2.24) is 4.57 Å². The van der Waals surface area contributed by atoms with E-state index in [4.69, 9.17) is 4.42 Å². The molecular weight excluding hydrogens is 550 g/mol. The van der Waals surface area contributed by atoms with Crippen LogP contribution in [0.15, 0.2) is 116 Å². The number of nitrogens with zero attached hydrogens (tertiary/aromatic N) is 1. The second-order valence-corrected chi connectivity index (χ2v) is 10.2. The minimum Gasteiger partial charge on any atom is -0.455 e. The van der Waals surface area contributed by atoms with Crippen LogP contribution in [-0.4, -0.2) is 4.57 Å². The number of rotatable bonds is 2. The minimum absolute atomic E-state index is 0.866. The van der Waals surface area contributed by atoms with Gasteiger partial charge in [0.25, 0.3) is 0 Å². The maximum absolute atomic E-state index is 6.26. The Bertz CT molecular complexity index is 1880. The summed E-state index contributed by atoms with van der Waals surface area (Å²) in [6.07, 6.45) is 0. The molecule has 34 heavy (non-hydrogen) atoms. The summed E-state index contributed by atoms with van der Waals surface area (Å²) in [5, 5.41) is 4.72. The van der Waals surface area contributed by atoms with E-state index in [0.29, 0.717) is 0 Å². The van der Waals surface area contributed by atoms with E-state index < -0.39 is 0 Å². The smallest absolute Gasteiger partial charge is 0.149 e. The highest BCUT2D eigenvalue weighted by Crippen LogP contribution is 2.42. The zero-order chi connectivity index (χ0) is 22.8. The number of para-hydroxylation sites is 2. The molecule has 0 amide bonds. The zero-order valence-corrected chi connectivity index (χ0v) is 21.1. The van der Waals surface area contributed by atoms with Crippen LogP contribution in [0.3, 0.4) is 0 Å². The average molecular weight is 567 g/mol. The number of hydrogen-bond acceptors (Lipinski definition) is 1. The molecule has 4 heteroatoms. The van der Waals surface area contributed by atoms with E-state index in [1.807, 2.05) is 12.1 Å². The highest BCUT2D eigenvalue weighted by Gasteiger charge is 2.17. The Kier molecular flexibility index (Phi) is 4.48. The first-order valence-electron chi connectivity index (χ1n) is 11.1. The summed E-state index contributed by atoms with van der Waals surface area (Å²) >= 11 is 7.31. The third-order valence-corrected chi connectivity index (χ3v) is 7.56. The predicted molar refractivity (Wildman–Crippen MR) is 149 cm³/mol. The monoisotopic (exact) mass is 565 g/mol. The van der Waals surface area contributed by atoms with Gasteiger partial charge in [0.05, 0.1) is 15.5 Å². The molecule has 0 saturated carbocycles. The maximum atomic E-state index is 6.26. The van der Waals surface area contributed by atoms with E-state index >= 15 is 0 Å². The molecule has 0 fully saturated rings. The molecular formula is C30H17Br2NO. The van der Waals surface area contributed by atoms with E-state index in [9.17, 15) is 0 Å². The van der Waals surface area contributed by atoms with Crippen LogP contribution in [0, 0.1) is 0 Å². The van der Waals surface area contributed by atoms with Crippen molar-refractivity contribution in [3.8, 4) is 16.8 Å². The quantitative estimate of drug-likeness (QED) is 0.203. The van der Waals surface area contributed by atoms with Crippen molar-refractivity contribution in [3.05, 3.63) is 112 Å². The number of fused-ring (bicyclic) bond motifs is 6. The van der Waals surface area contributed by atoms with Gasteiger partial charge in [-0.25, -0.2) is 0 Å². The number of halogens is 2. The summed E-state index contributed by atoms with van der Waals surface area (Å²) in [6, 6.07) is 36.4. The summed E-state index contributed by atoms with van der Waals surface area (Å²) in [7, 11) is 0. The van der Waals surface area contributed by atoms with Crippen molar-refractivity contribution >= 4 is 75.6 Å². The molecule has 7 rings (SSSR count). The van der Waals surface area contributed by atoms with E-state index in [0.717, 1.165) is 47.7 Å². The highest BCUT2D eigenvalue weighted by molar-refractivity contribution is 9.11. The van der Waals surface area contributed by atoms with Crippen LogP contribution < -0.4 is 0 Å². The summed E-state index contributed by atoms with van der Waals surface area (Å²) in [4.78, 5) is 0. The van der Waals surface area contributed by atoms with Crippen molar-refractivity contribution in [2.45, 2.75) is 0 Å². The van der Waals surface area contributed by atoms with Crippen molar-refractivity contribution in [2.75, 3.05) is 0 Å². The number of hydrogen-bond donors (Lipinski definition) is 0. The Morgan fingerprint density at radius 3 is 2.29 bits per heavy atom. The van der Waals surface area contributed by atoms with E-state index in [2.05, 4.69) is 127 Å². The first-order chi connectivity index (χ1) is 16.7. The van der Waals surface area contributed by atoms with Gasteiger partial charge in [0.1, 0.15) is 11.2 Å². The van der Waals surface area contributed by atoms with Crippen molar-refractivity contribution in [2.24, 2.45) is 0 Å². The lowest BCUT2D eigenvalue weighted by atomic mass is 9.98. The van der Waals surface area contributed by atoms with Gasteiger partial charge < -0.3 is 8.98 Å². The van der Waals surface area contributed by atoms with Crippen LogP contribution in [0.4, 0.5) is 0 Å². The Hall–Kier alpha value is -3.34. The van der Waals surface area contributed by atoms with Crippen molar-refractivity contribution in [3.63, 3.8) is 0 Å². The fourth-order valence-electron chi connectivity index (χ4n) is 5.09. The van der Waals surface area contributed by atoms with Gasteiger partial charge in [-0.2, -0.15) is 0 Å². The van der Waals surface area contributed by atoms with Crippen LogP contribution in [0.5, 0.6) is 0 Å². The van der Waals surface area contributed by atoms with Gasteiger partial charge in [0.15, 0.2) is 0 Å². The van der Waals surface area contributed by atoms with Crippen molar-refractivity contribution in [1.29, 1.82) is 0 Å². The first-order valence-corrected chi connectivity index (χ1v) is 12.7. The van der Waals surface area contributed by atoms with Gasteiger partial charge in [-0.1, -0.05) is 76.6 Å². The Balaban J connectivity index is 1.58. The molecule has 0 bridgehead atoms. The standard InChI is InChI=1S/C30H17Br2NO/c31-19-16-24-29-21(10-6-12-28(29)34-30(24)25(32)17-19)18-13-14-23-22-9-4-5-11-26(22)33(27(23)15-18)20-7-2-1-3-8-20/h1-17H. The first kappa shape index (κ1) is 20.1. The largest absolute Gasteiger partial charge is 0.455 e. The molecule has 2 nitrogen and oxygen atoms in total. The molecule has 0 aliphatic rings. The van der Waals surface area contributed by atoms with E-state index in [1.54, 1.807) is 0 Å². The summed E-state index contributed by atoms with van der Waals surface area (Å²) in [5.41, 5.74) is 7.63. The number of benzene rings is 5. The molecule has 5 aromatic carbocycles. The molecule has 0 spiro atoms. The molecule has 0 unspecified atom stereocenters. The number of aromatic nitrogens is 1. The lowest BCUT2D eigenvalue weighted by Gasteiger charge is -2.09. The van der Waals surface area contributed by atoms with Crippen LogP contribution in [0.2, 0.25) is 0 Å². The van der Waals surface area contributed by atoms with Gasteiger partial charge in [-0.3, -0.25) is 0 Å². The Morgan fingerprint density at radius 2 is 1.41 bits per heavy atom. The second kappa shape index (κ2) is 7.59. The molecule has 2 heterocycles. The zero-order valence-electron chi connectivity index (χ0n) is 17.9. The summed E-state index contributed by atoms with van der Waals surface area (Å²) in [6.45, 7) is 0. The molecule has 0 radical (unpaired) electrons. The summed E-state index contributed by atoms with van der Waals surface area (Å²) < 4.78 is 10.6. The molecule has 162 valence electrons. The SMILES string of the molecule is Brc1cc(Br)c2oc3cccc(-c4ccc5c6ccccc6n(-c6ccccc6)c5c4)c3c2c1. The topological polar surface area (TPSA) is 18.1 Å². The normalized spacial score (nSPS) is 11.8. The van der Waals surface area contributed by atoms with Gasteiger partial charge in [0.2, 0.25) is 0 Å². The molecule has 7 aromatic rings. The molecule has 0 aliphatic carbocycles. The lowest BCUT2D eigenvalue weighted by Crippen LogP contribution is -1.93. The van der Waals surface area contributed by atoms with Crippen LogP contribution in [0.25, 0.3) is 60.6 Å².